The maximum atomic E-state index is 12.8. The van der Waals surface area contributed by atoms with Gasteiger partial charge >= 0.3 is 6.18 Å². The van der Waals surface area contributed by atoms with E-state index in [4.69, 9.17) is 23.2 Å². The number of benzene rings is 2. The Balaban J connectivity index is 1.58. The highest BCUT2D eigenvalue weighted by atomic mass is 35.5. The maximum Gasteiger partial charge on any atom is 0.416 e. The van der Waals surface area contributed by atoms with Crippen molar-refractivity contribution in [3.8, 4) is 0 Å². The van der Waals surface area contributed by atoms with Gasteiger partial charge in [0, 0.05) is 24.7 Å². The third-order valence-corrected chi connectivity index (χ3v) is 7.60. The molecule has 1 saturated heterocycles. The number of carbonyl (C=O) groups excluding carboxylic acids is 1. The number of halogens is 5. The first-order chi connectivity index (χ1) is 14.5. The van der Waals surface area contributed by atoms with Crippen molar-refractivity contribution in [3.05, 3.63) is 63.6 Å². The maximum absolute atomic E-state index is 12.8. The molecule has 11 heteroatoms. The first kappa shape index (κ1) is 23.8. The van der Waals surface area contributed by atoms with Gasteiger partial charge in [-0.05, 0) is 48.7 Å². The van der Waals surface area contributed by atoms with Crippen LogP contribution in [0.4, 0.5) is 18.9 Å². The molecular formula is C20H19Cl2F3N2O3S. The topological polar surface area (TPSA) is 66.5 Å². The van der Waals surface area contributed by atoms with Crippen LogP contribution in [-0.4, -0.2) is 31.7 Å². The Hall–Kier alpha value is -1.81. The molecule has 0 aliphatic carbocycles. The summed E-state index contributed by atoms with van der Waals surface area (Å²) < 4.78 is 65.2. The van der Waals surface area contributed by atoms with Gasteiger partial charge < -0.3 is 5.32 Å². The second-order valence-corrected chi connectivity index (χ2v) is 10.0. The van der Waals surface area contributed by atoms with E-state index >= 15 is 0 Å². The first-order valence-electron chi connectivity index (χ1n) is 9.35. The van der Waals surface area contributed by atoms with Crippen LogP contribution in [0, 0.1) is 5.92 Å². The van der Waals surface area contributed by atoms with Crippen LogP contribution in [-0.2, 0) is 26.7 Å². The average molecular weight is 495 g/mol. The molecule has 1 amide bonds. The van der Waals surface area contributed by atoms with Gasteiger partial charge in [-0.15, -0.1) is 0 Å². The fraction of sp³-hybridized carbons (Fsp3) is 0.350. The third kappa shape index (κ3) is 6.12. The molecule has 1 aliphatic heterocycles. The zero-order valence-electron chi connectivity index (χ0n) is 16.1. The Morgan fingerprint density at radius 3 is 2.35 bits per heavy atom. The minimum atomic E-state index is -4.51. The lowest BCUT2D eigenvalue weighted by atomic mass is 9.97. The molecule has 31 heavy (non-hydrogen) atoms. The lowest BCUT2D eigenvalue weighted by Gasteiger charge is -2.30. The second kappa shape index (κ2) is 9.36. The van der Waals surface area contributed by atoms with Gasteiger partial charge in [0.2, 0.25) is 15.9 Å². The summed E-state index contributed by atoms with van der Waals surface area (Å²) in [6, 6.07) is 9.00. The van der Waals surface area contributed by atoms with Gasteiger partial charge in [-0.3, -0.25) is 4.79 Å². The molecule has 168 valence electrons. The molecule has 1 heterocycles. The number of anilines is 1. The number of piperidine rings is 1. The summed E-state index contributed by atoms with van der Waals surface area (Å²) in [6.07, 6.45) is -3.97. The molecule has 0 bridgehead atoms. The van der Waals surface area contributed by atoms with Crippen molar-refractivity contribution in [1.29, 1.82) is 0 Å². The molecule has 0 spiro atoms. The molecule has 0 saturated carbocycles. The Labute approximate surface area is 188 Å². The van der Waals surface area contributed by atoms with Crippen molar-refractivity contribution in [2.75, 3.05) is 18.4 Å². The van der Waals surface area contributed by atoms with Crippen molar-refractivity contribution >= 4 is 44.8 Å². The minimum Gasteiger partial charge on any atom is -0.326 e. The lowest BCUT2D eigenvalue weighted by molar-refractivity contribution is -0.137. The zero-order valence-corrected chi connectivity index (χ0v) is 18.5. The van der Waals surface area contributed by atoms with Crippen molar-refractivity contribution < 1.29 is 26.4 Å². The van der Waals surface area contributed by atoms with Gasteiger partial charge in [-0.2, -0.15) is 13.2 Å². The van der Waals surface area contributed by atoms with E-state index in [1.54, 1.807) is 6.07 Å². The van der Waals surface area contributed by atoms with E-state index in [9.17, 15) is 26.4 Å². The highest BCUT2D eigenvalue weighted by Gasteiger charge is 2.33. The van der Waals surface area contributed by atoms with Gasteiger partial charge in [0.1, 0.15) is 0 Å². The fourth-order valence-electron chi connectivity index (χ4n) is 3.35. The summed E-state index contributed by atoms with van der Waals surface area (Å²) in [4.78, 5) is 12.5. The molecule has 1 N–H and O–H groups in total. The highest BCUT2D eigenvalue weighted by Crippen LogP contribution is 2.31. The van der Waals surface area contributed by atoms with Gasteiger partial charge in [-0.25, -0.2) is 12.7 Å². The number of nitrogens with zero attached hydrogens (tertiary/aromatic N) is 1. The number of sulfonamides is 1. The second-order valence-electron chi connectivity index (χ2n) is 7.25. The van der Waals surface area contributed by atoms with Crippen LogP contribution >= 0.6 is 23.2 Å². The summed E-state index contributed by atoms with van der Waals surface area (Å²) in [5.74, 6) is -1.17. The molecular weight excluding hydrogens is 476 g/mol. The van der Waals surface area contributed by atoms with Gasteiger partial charge in [-0.1, -0.05) is 35.3 Å². The number of nitrogens with one attached hydrogen (secondary N) is 1. The summed E-state index contributed by atoms with van der Waals surface area (Å²) in [5, 5.41) is 3.09. The number of hydrogen-bond acceptors (Lipinski definition) is 3. The number of alkyl halides is 3. The van der Waals surface area contributed by atoms with E-state index in [2.05, 4.69) is 5.32 Å². The van der Waals surface area contributed by atoms with Gasteiger partial charge in [0.25, 0.3) is 0 Å². The number of carbonyl (C=O) groups is 1. The van der Waals surface area contributed by atoms with Crippen molar-refractivity contribution in [3.63, 3.8) is 0 Å². The number of amides is 1. The molecule has 0 unspecified atom stereocenters. The highest BCUT2D eigenvalue weighted by molar-refractivity contribution is 7.88. The van der Waals surface area contributed by atoms with Gasteiger partial charge in [0.15, 0.2) is 0 Å². The Kier molecular flexibility index (Phi) is 7.20. The van der Waals surface area contributed by atoms with Crippen LogP contribution in [0.15, 0.2) is 42.5 Å². The van der Waals surface area contributed by atoms with Crippen LogP contribution in [0.25, 0.3) is 0 Å². The van der Waals surface area contributed by atoms with Crippen LogP contribution in [0.1, 0.15) is 24.0 Å². The summed E-state index contributed by atoms with van der Waals surface area (Å²) in [5.41, 5.74) is -0.304. The summed E-state index contributed by atoms with van der Waals surface area (Å²) in [7, 11) is -3.62. The Bertz CT molecular complexity index is 1070. The molecule has 3 rings (SSSR count). The largest absolute Gasteiger partial charge is 0.416 e. The van der Waals surface area contributed by atoms with E-state index in [0.717, 1.165) is 12.1 Å². The van der Waals surface area contributed by atoms with E-state index in [1.165, 1.54) is 28.6 Å². The first-order valence-corrected chi connectivity index (χ1v) is 11.7. The Morgan fingerprint density at radius 2 is 1.74 bits per heavy atom. The van der Waals surface area contributed by atoms with E-state index in [1.807, 2.05) is 0 Å². The van der Waals surface area contributed by atoms with Crippen molar-refractivity contribution in [1.82, 2.24) is 4.31 Å². The van der Waals surface area contributed by atoms with Crippen LogP contribution in [0.3, 0.4) is 0 Å². The molecule has 5 nitrogen and oxygen atoms in total. The predicted octanol–water partition coefficient (Wildman–Crippen LogP) is 5.19. The zero-order chi connectivity index (χ0) is 22.8. The molecule has 0 aromatic heterocycles. The SMILES string of the molecule is O=C(Nc1cccc(C(F)(F)F)c1)C1CCN(S(=O)(=O)Cc2ccc(Cl)c(Cl)c2)CC1. The standard InChI is InChI=1S/C20H19Cl2F3N2O3S/c21-17-5-4-13(10-18(17)22)12-31(29,30)27-8-6-14(7-9-27)19(28)26-16-3-1-2-15(11-16)20(23,24)25/h1-5,10-11,14H,6-9,12H2,(H,26,28). The van der Waals surface area contributed by atoms with E-state index in [0.29, 0.717) is 10.6 Å². The third-order valence-electron chi connectivity index (χ3n) is 5.01. The smallest absolute Gasteiger partial charge is 0.326 e. The van der Waals surface area contributed by atoms with E-state index < -0.39 is 33.6 Å². The fourth-order valence-corrected chi connectivity index (χ4v) is 5.22. The summed E-state index contributed by atoms with van der Waals surface area (Å²) in [6.45, 7) is 0.286. The molecule has 0 radical (unpaired) electrons. The Morgan fingerprint density at radius 1 is 1.06 bits per heavy atom. The van der Waals surface area contributed by atoms with Crippen molar-refractivity contribution in [2.45, 2.75) is 24.8 Å². The van der Waals surface area contributed by atoms with Gasteiger partial charge in [0.05, 0.1) is 21.4 Å². The monoisotopic (exact) mass is 494 g/mol. The average Bonchev–Trinajstić information content (AvgIpc) is 2.70. The van der Waals surface area contributed by atoms with Crippen LogP contribution < -0.4 is 5.32 Å². The van der Waals surface area contributed by atoms with Crippen LogP contribution in [0.5, 0.6) is 0 Å². The number of rotatable bonds is 5. The molecule has 1 fully saturated rings. The van der Waals surface area contributed by atoms with E-state index in [-0.39, 0.29) is 42.4 Å². The predicted molar refractivity (Wildman–Crippen MR) is 113 cm³/mol. The lowest BCUT2D eigenvalue weighted by Crippen LogP contribution is -2.41. The molecule has 1 aliphatic rings. The number of hydrogen-bond donors (Lipinski definition) is 1. The normalized spacial score (nSPS) is 16.3. The molecule has 2 aromatic rings. The summed E-state index contributed by atoms with van der Waals surface area (Å²) >= 11 is 11.8. The molecule has 0 atom stereocenters. The quantitative estimate of drug-likeness (QED) is 0.621. The van der Waals surface area contributed by atoms with Crippen molar-refractivity contribution in [2.24, 2.45) is 5.92 Å². The minimum absolute atomic E-state index is 0.0505. The van der Waals surface area contributed by atoms with Crippen LogP contribution in [0.2, 0.25) is 10.0 Å². The molecule has 2 aromatic carbocycles.